The summed E-state index contributed by atoms with van der Waals surface area (Å²) in [5.41, 5.74) is 0. The van der Waals surface area contributed by atoms with Gasteiger partial charge in [-0.2, -0.15) is 0 Å². The van der Waals surface area contributed by atoms with Crippen LogP contribution in [0.2, 0.25) is 0 Å². The van der Waals surface area contributed by atoms with E-state index in [0.717, 1.165) is 0 Å². The average Bonchev–Trinajstić information content (AvgIpc) is 2.69. The van der Waals surface area contributed by atoms with E-state index in [1.165, 1.54) is 0 Å². The summed E-state index contributed by atoms with van der Waals surface area (Å²) in [6, 6.07) is 0. The van der Waals surface area contributed by atoms with E-state index in [2.05, 4.69) is 4.74 Å². The molecule has 6 nitrogen and oxygen atoms in total. The predicted octanol–water partition coefficient (Wildman–Crippen LogP) is 0.811. The van der Waals surface area contributed by atoms with E-state index in [-0.39, 0.29) is 24.8 Å². The monoisotopic (exact) mass is 270 g/mol. The molecule has 19 heavy (non-hydrogen) atoms. The second kappa shape index (κ2) is 7.66. The van der Waals surface area contributed by atoms with Crippen LogP contribution in [0.25, 0.3) is 0 Å². The van der Waals surface area contributed by atoms with E-state index >= 15 is 0 Å². The second-order valence-corrected chi connectivity index (χ2v) is 4.34. The van der Waals surface area contributed by atoms with E-state index in [1.54, 1.807) is 6.92 Å². The highest BCUT2D eigenvalue weighted by molar-refractivity contribution is 6.20. The van der Waals surface area contributed by atoms with Crippen LogP contribution in [0.1, 0.15) is 39.0 Å². The second-order valence-electron chi connectivity index (χ2n) is 4.34. The Kier molecular flexibility index (Phi) is 6.18. The molecule has 6 heteroatoms. The van der Waals surface area contributed by atoms with Gasteiger partial charge in [-0.3, -0.25) is 19.2 Å². The molecule has 0 N–H and O–H groups in total. The number of carbonyl (C=O) groups is 4. The molecule has 0 bridgehead atoms. The largest absolute Gasteiger partial charge is 0.466 e. The number of hydrogen-bond acceptors (Lipinski definition) is 6. The number of carbonyl (C=O) groups excluding carboxylic acids is 4. The van der Waals surface area contributed by atoms with Gasteiger partial charge in [0.25, 0.3) is 0 Å². The van der Waals surface area contributed by atoms with Crippen molar-refractivity contribution in [1.29, 1.82) is 0 Å². The van der Waals surface area contributed by atoms with Gasteiger partial charge < -0.3 is 9.47 Å². The fourth-order valence-corrected chi connectivity index (χ4v) is 1.87. The zero-order valence-corrected chi connectivity index (χ0v) is 11.0. The van der Waals surface area contributed by atoms with Gasteiger partial charge >= 0.3 is 11.9 Å². The molecule has 106 valence electrons. The molecular formula is C13H18O6. The van der Waals surface area contributed by atoms with Crippen LogP contribution in [0, 0.1) is 5.92 Å². The Morgan fingerprint density at radius 1 is 1.21 bits per heavy atom. The molecule has 1 saturated heterocycles. The number of cyclic esters (lactones) is 1. The molecule has 1 aliphatic rings. The van der Waals surface area contributed by atoms with Crippen LogP contribution in [0.5, 0.6) is 0 Å². The van der Waals surface area contributed by atoms with Gasteiger partial charge in [-0.25, -0.2) is 0 Å². The molecule has 0 spiro atoms. The van der Waals surface area contributed by atoms with Crippen molar-refractivity contribution < 1.29 is 28.7 Å². The molecule has 1 unspecified atom stereocenters. The molecule has 0 aromatic rings. The first-order chi connectivity index (χ1) is 9.06. The molecule has 0 aromatic carbocycles. The van der Waals surface area contributed by atoms with E-state index in [4.69, 9.17) is 4.74 Å². The number of ketones is 2. The topological polar surface area (TPSA) is 86.7 Å². The van der Waals surface area contributed by atoms with Gasteiger partial charge in [0.1, 0.15) is 0 Å². The van der Waals surface area contributed by atoms with Gasteiger partial charge in [-0.15, -0.1) is 0 Å². The van der Waals surface area contributed by atoms with Crippen LogP contribution < -0.4 is 0 Å². The Labute approximate surface area is 111 Å². The SMILES string of the molecule is CCOC(=O)CCCCCC(=O)C1C(=O)COC1=O. The van der Waals surface area contributed by atoms with Gasteiger partial charge in [0.05, 0.1) is 6.61 Å². The molecule has 0 amide bonds. The molecule has 1 atom stereocenters. The lowest BCUT2D eigenvalue weighted by Crippen LogP contribution is -2.25. The van der Waals surface area contributed by atoms with E-state index in [9.17, 15) is 19.2 Å². The van der Waals surface area contributed by atoms with Crippen molar-refractivity contribution in [3.8, 4) is 0 Å². The summed E-state index contributed by atoms with van der Waals surface area (Å²) in [5.74, 6) is -3.04. The number of esters is 2. The Morgan fingerprint density at radius 3 is 2.47 bits per heavy atom. The highest BCUT2D eigenvalue weighted by atomic mass is 16.5. The van der Waals surface area contributed by atoms with Gasteiger partial charge in [0.2, 0.25) is 0 Å². The molecule has 0 radical (unpaired) electrons. The number of rotatable bonds is 8. The van der Waals surface area contributed by atoms with Gasteiger partial charge in [-0.1, -0.05) is 6.42 Å². The maximum atomic E-state index is 11.7. The average molecular weight is 270 g/mol. The van der Waals surface area contributed by atoms with E-state index in [1.807, 2.05) is 0 Å². The lowest BCUT2D eigenvalue weighted by atomic mass is 9.97. The van der Waals surface area contributed by atoms with Crippen molar-refractivity contribution in [3.05, 3.63) is 0 Å². The number of unbranched alkanes of at least 4 members (excludes halogenated alkanes) is 2. The minimum absolute atomic E-state index is 0.161. The van der Waals surface area contributed by atoms with Crippen molar-refractivity contribution in [1.82, 2.24) is 0 Å². The maximum absolute atomic E-state index is 11.7. The summed E-state index contributed by atoms with van der Waals surface area (Å²) >= 11 is 0. The van der Waals surface area contributed by atoms with Crippen molar-refractivity contribution in [3.63, 3.8) is 0 Å². The summed E-state index contributed by atoms with van der Waals surface area (Å²) in [6.07, 6.45) is 2.35. The Bertz CT molecular complexity index is 357. The lowest BCUT2D eigenvalue weighted by molar-refractivity contribution is -0.145. The standard InChI is InChI=1S/C13H18O6/c1-2-18-11(16)7-5-3-4-6-9(14)12-10(15)8-19-13(12)17/h12H,2-8H2,1H3. The zero-order chi connectivity index (χ0) is 14.3. The number of hydrogen-bond donors (Lipinski definition) is 0. The molecule has 1 aliphatic heterocycles. The number of ether oxygens (including phenoxy) is 2. The summed E-state index contributed by atoms with van der Waals surface area (Å²) in [7, 11) is 0. The normalized spacial score (nSPS) is 18.3. The molecule has 1 fully saturated rings. The molecule has 0 saturated carbocycles. The van der Waals surface area contributed by atoms with Crippen molar-refractivity contribution >= 4 is 23.5 Å². The minimum atomic E-state index is -1.22. The van der Waals surface area contributed by atoms with E-state index < -0.39 is 17.7 Å². The minimum Gasteiger partial charge on any atom is -0.466 e. The highest BCUT2D eigenvalue weighted by Crippen LogP contribution is 2.16. The van der Waals surface area contributed by atoms with Crippen LogP contribution in [-0.4, -0.2) is 36.7 Å². The summed E-state index contributed by atoms with van der Waals surface area (Å²) in [5, 5.41) is 0. The molecule has 1 rings (SSSR count). The fourth-order valence-electron chi connectivity index (χ4n) is 1.87. The smallest absolute Gasteiger partial charge is 0.324 e. The van der Waals surface area contributed by atoms with Crippen LogP contribution in [0.4, 0.5) is 0 Å². The summed E-state index contributed by atoms with van der Waals surface area (Å²) < 4.78 is 9.28. The van der Waals surface area contributed by atoms with Crippen LogP contribution >= 0.6 is 0 Å². The maximum Gasteiger partial charge on any atom is 0.324 e. The van der Waals surface area contributed by atoms with Crippen molar-refractivity contribution in [2.45, 2.75) is 39.0 Å². The van der Waals surface area contributed by atoms with Crippen LogP contribution in [-0.2, 0) is 28.7 Å². The molecule has 1 heterocycles. The first-order valence-electron chi connectivity index (χ1n) is 6.44. The van der Waals surface area contributed by atoms with E-state index in [0.29, 0.717) is 32.3 Å². The lowest BCUT2D eigenvalue weighted by Gasteiger charge is -2.04. The highest BCUT2D eigenvalue weighted by Gasteiger charge is 2.40. The Hall–Kier alpha value is -1.72. The third-order valence-corrected chi connectivity index (χ3v) is 2.85. The Balaban J connectivity index is 2.16. The van der Waals surface area contributed by atoms with Crippen molar-refractivity contribution in [2.24, 2.45) is 5.92 Å². The van der Waals surface area contributed by atoms with Gasteiger partial charge in [0, 0.05) is 12.8 Å². The molecular weight excluding hydrogens is 252 g/mol. The number of Topliss-reactive ketones (excluding diaryl/α,β-unsaturated/α-hetero) is 2. The quantitative estimate of drug-likeness (QED) is 0.368. The van der Waals surface area contributed by atoms with Gasteiger partial charge in [0.15, 0.2) is 24.1 Å². The predicted molar refractivity (Wildman–Crippen MR) is 64.2 cm³/mol. The van der Waals surface area contributed by atoms with Crippen molar-refractivity contribution in [2.75, 3.05) is 13.2 Å². The first kappa shape index (κ1) is 15.3. The summed E-state index contributed by atoms with van der Waals surface area (Å²) in [6.45, 7) is 1.82. The fraction of sp³-hybridized carbons (Fsp3) is 0.692. The molecule has 0 aliphatic carbocycles. The van der Waals surface area contributed by atoms with Gasteiger partial charge in [-0.05, 0) is 19.8 Å². The summed E-state index contributed by atoms with van der Waals surface area (Å²) in [4.78, 5) is 45.1. The Morgan fingerprint density at radius 2 is 1.89 bits per heavy atom. The third kappa shape index (κ3) is 4.81. The zero-order valence-electron chi connectivity index (χ0n) is 11.0. The first-order valence-corrected chi connectivity index (χ1v) is 6.44. The third-order valence-electron chi connectivity index (χ3n) is 2.85. The van der Waals surface area contributed by atoms with Crippen LogP contribution in [0.15, 0.2) is 0 Å². The molecule has 0 aromatic heterocycles. The van der Waals surface area contributed by atoms with Crippen LogP contribution in [0.3, 0.4) is 0 Å².